The van der Waals surface area contributed by atoms with Gasteiger partial charge in [0.25, 0.3) is 11.8 Å². The van der Waals surface area contributed by atoms with Gasteiger partial charge in [0.1, 0.15) is 0 Å². The summed E-state index contributed by atoms with van der Waals surface area (Å²) in [6, 6.07) is 11.6. The van der Waals surface area contributed by atoms with Gasteiger partial charge in [0.05, 0.1) is 28.5 Å². The Hall–Kier alpha value is -2.95. The van der Waals surface area contributed by atoms with E-state index in [1.54, 1.807) is 32.0 Å². The number of fused-ring (bicyclic) bond motifs is 1. The molecule has 2 amide bonds. The molecule has 0 saturated carbocycles. The molecule has 5 heteroatoms. The Morgan fingerprint density at radius 1 is 1.00 bits per heavy atom. The third kappa shape index (κ3) is 2.69. The summed E-state index contributed by atoms with van der Waals surface area (Å²) in [5.41, 5.74) is 2.25. The Kier molecular flexibility index (Phi) is 3.93. The zero-order valence-corrected chi connectivity index (χ0v) is 13.7. The highest BCUT2D eigenvalue weighted by atomic mass is 16.5. The molecule has 0 N–H and O–H groups in total. The summed E-state index contributed by atoms with van der Waals surface area (Å²) in [4.78, 5) is 38.4. The first-order valence-electron chi connectivity index (χ1n) is 7.69. The first kappa shape index (κ1) is 15.9. The maximum Gasteiger partial charge on any atom is 0.338 e. The quantitative estimate of drug-likeness (QED) is 0.642. The van der Waals surface area contributed by atoms with Gasteiger partial charge in [-0.3, -0.25) is 9.59 Å². The fourth-order valence-electron chi connectivity index (χ4n) is 2.65. The predicted molar refractivity (Wildman–Crippen MR) is 89.3 cm³/mol. The summed E-state index contributed by atoms with van der Waals surface area (Å²) in [5, 5.41) is 0. The number of benzene rings is 2. The van der Waals surface area contributed by atoms with Crippen molar-refractivity contribution in [1.82, 2.24) is 0 Å². The van der Waals surface area contributed by atoms with Crippen LogP contribution in [0.5, 0.6) is 0 Å². The standard InChI is InChI=1S/C19H17NO4/c1-11(2)24-19(23)13-7-8-15-16(10-13)18(22)20(17(15)21)14-6-4-5-12(3)9-14/h4-11H,1-3H3. The Morgan fingerprint density at radius 3 is 2.38 bits per heavy atom. The molecule has 3 rings (SSSR count). The molecule has 1 aliphatic heterocycles. The Bertz CT molecular complexity index is 854. The fourth-order valence-corrected chi connectivity index (χ4v) is 2.65. The van der Waals surface area contributed by atoms with E-state index >= 15 is 0 Å². The average Bonchev–Trinajstić information content (AvgIpc) is 2.77. The number of hydrogen-bond donors (Lipinski definition) is 0. The fraction of sp³-hybridized carbons (Fsp3) is 0.211. The molecule has 0 saturated heterocycles. The zero-order valence-electron chi connectivity index (χ0n) is 13.7. The van der Waals surface area contributed by atoms with Crippen molar-refractivity contribution in [1.29, 1.82) is 0 Å². The van der Waals surface area contributed by atoms with Crippen molar-refractivity contribution in [3.05, 3.63) is 64.7 Å². The number of esters is 1. The molecule has 0 atom stereocenters. The van der Waals surface area contributed by atoms with E-state index < -0.39 is 11.9 Å². The molecule has 0 radical (unpaired) electrons. The molecule has 0 spiro atoms. The van der Waals surface area contributed by atoms with Crippen LogP contribution in [0, 0.1) is 6.92 Å². The molecule has 24 heavy (non-hydrogen) atoms. The van der Waals surface area contributed by atoms with Crippen LogP contribution < -0.4 is 4.90 Å². The highest BCUT2D eigenvalue weighted by molar-refractivity contribution is 6.34. The molecule has 0 bridgehead atoms. The van der Waals surface area contributed by atoms with Gasteiger partial charge in [0.2, 0.25) is 0 Å². The van der Waals surface area contributed by atoms with Crippen molar-refractivity contribution < 1.29 is 19.1 Å². The van der Waals surface area contributed by atoms with Gasteiger partial charge in [-0.2, -0.15) is 0 Å². The molecule has 5 nitrogen and oxygen atoms in total. The molecule has 2 aromatic rings. The molecule has 0 aromatic heterocycles. The van der Waals surface area contributed by atoms with E-state index in [1.165, 1.54) is 18.2 Å². The summed E-state index contributed by atoms with van der Waals surface area (Å²) in [6.45, 7) is 5.39. The normalized spacial score (nSPS) is 13.4. The molecule has 122 valence electrons. The first-order chi connectivity index (χ1) is 11.4. The van der Waals surface area contributed by atoms with Crippen LogP contribution in [0.25, 0.3) is 0 Å². The van der Waals surface area contributed by atoms with Crippen molar-refractivity contribution in [2.24, 2.45) is 0 Å². The number of hydrogen-bond acceptors (Lipinski definition) is 4. The van der Waals surface area contributed by atoms with Gasteiger partial charge in [-0.15, -0.1) is 0 Å². The van der Waals surface area contributed by atoms with Gasteiger partial charge in [-0.05, 0) is 56.7 Å². The minimum Gasteiger partial charge on any atom is -0.459 e. The Balaban J connectivity index is 1.99. The lowest BCUT2D eigenvalue weighted by Crippen LogP contribution is -2.29. The summed E-state index contributed by atoms with van der Waals surface area (Å²) in [5.74, 6) is -1.33. The second-order valence-corrected chi connectivity index (χ2v) is 6.00. The topological polar surface area (TPSA) is 63.7 Å². The number of imide groups is 1. The molecule has 0 fully saturated rings. The highest BCUT2D eigenvalue weighted by Gasteiger charge is 2.37. The van der Waals surface area contributed by atoms with Gasteiger partial charge in [-0.25, -0.2) is 9.69 Å². The van der Waals surface area contributed by atoms with Crippen molar-refractivity contribution in [3.63, 3.8) is 0 Å². The van der Waals surface area contributed by atoms with E-state index in [4.69, 9.17) is 4.74 Å². The third-order valence-electron chi connectivity index (χ3n) is 3.72. The van der Waals surface area contributed by atoms with E-state index in [-0.39, 0.29) is 23.1 Å². The molecular weight excluding hydrogens is 306 g/mol. The lowest BCUT2D eigenvalue weighted by atomic mass is 10.1. The number of carbonyl (C=O) groups is 3. The summed E-state index contributed by atoms with van der Waals surface area (Å²) < 4.78 is 5.14. The van der Waals surface area contributed by atoms with Crippen LogP contribution in [0.2, 0.25) is 0 Å². The molecular formula is C19H17NO4. The van der Waals surface area contributed by atoms with Gasteiger partial charge < -0.3 is 4.74 Å². The van der Waals surface area contributed by atoms with Gasteiger partial charge in [-0.1, -0.05) is 12.1 Å². The number of rotatable bonds is 3. The lowest BCUT2D eigenvalue weighted by Gasteiger charge is -2.14. The summed E-state index contributed by atoms with van der Waals surface area (Å²) in [7, 11) is 0. The van der Waals surface area contributed by atoms with Gasteiger partial charge in [0.15, 0.2) is 0 Å². The number of aryl methyl sites for hydroxylation is 1. The van der Waals surface area contributed by atoms with E-state index in [1.807, 2.05) is 13.0 Å². The third-order valence-corrected chi connectivity index (χ3v) is 3.72. The van der Waals surface area contributed by atoms with Crippen LogP contribution in [0.15, 0.2) is 42.5 Å². The van der Waals surface area contributed by atoms with E-state index in [0.29, 0.717) is 11.3 Å². The van der Waals surface area contributed by atoms with Crippen LogP contribution in [0.3, 0.4) is 0 Å². The van der Waals surface area contributed by atoms with Gasteiger partial charge >= 0.3 is 5.97 Å². The molecule has 2 aromatic carbocycles. The molecule has 0 aliphatic carbocycles. The zero-order chi connectivity index (χ0) is 17.4. The maximum absolute atomic E-state index is 12.7. The molecule has 1 heterocycles. The van der Waals surface area contributed by atoms with E-state index in [2.05, 4.69) is 0 Å². The second-order valence-electron chi connectivity index (χ2n) is 6.00. The number of amides is 2. The lowest BCUT2D eigenvalue weighted by molar-refractivity contribution is 0.0377. The minimum absolute atomic E-state index is 0.222. The SMILES string of the molecule is Cc1cccc(N2C(=O)c3ccc(C(=O)OC(C)C)cc3C2=O)c1. The van der Waals surface area contributed by atoms with Crippen LogP contribution in [-0.4, -0.2) is 23.9 Å². The first-order valence-corrected chi connectivity index (χ1v) is 7.69. The number of ether oxygens (including phenoxy) is 1. The molecule has 1 aliphatic rings. The van der Waals surface area contributed by atoms with Crippen molar-refractivity contribution in [3.8, 4) is 0 Å². The predicted octanol–water partition coefficient (Wildman–Crippen LogP) is 3.36. The van der Waals surface area contributed by atoms with Crippen LogP contribution in [0.1, 0.15) is 50.5 Å². The monoisotopic (exact) mass is 323 g/mol. The second kappa shape index (κ2) is 5.92. The highest BCUT2D eigenvalue weighted by Crippen LogP contribution is 2.29. The largest absolute Gasteiger partial charge is 0.459 e. The number of nitrogens with zero attached hydrogens (tertiary/aromatic N) is 1. The van der Waals surface area contributed by atoms with Crippen LogP contribution >= 0.6 is 0 Å². The Labute approximate surface area is 139 Å². The minimum atomic E-state index is -0.512. The molecule has 0 unspecified atom stereocenters. The number of anilines is 1. The van der Waals surface area contributed by atoms with Crippen molar-refractivity contribution >= 4 is 23.5 Å². The summed E-state index contributed by atoms with van der Waals surface area (Å²) in [6.07, 6.45) is -0.258. The van der Waals surface area contributed by atoms with Crippen molar-refractivity contribution in [2.45, 2.75) is 26.9 Å². The number of carbonyl (C=O) groups excluding carboxylic acids is 3. The maximum atomic E-state index is 12.7. The van der Waals surface area contributed by atoms with Crippen LogP contribution in [0.4, 0.5) is 5.69 Å². The Morgan fingerprint density at radius 2 is 1.71 bits per heavy atom. The van der Waals surface area contributed by atoms with Crippen molar-refractivity contribution in [2.75, 3.05) is 4.90 Å². The van der Waals surface area contributed by atoms with E-state index in [9.17, 15) is 14.4 Å². The average molecular weight is 323 g/mol. The summed E-state index contributed by atoms with van der Waals surface area (Å²) >= 11 is 0. The van der Waals surface area contributed by atoms with Crippen LogP contribution in [-0.2, 0) is 4.74 Å². The smallest absolute Gasteiger partial charge is 0.338 e. The van der Waals surface area contributed by atoms with Gasteiger partial charge in [0, 0.05) is 0 Å². The van der Waals surface area contributed by atoms with E-state index in [0.717, 1.165) is 10.5 Å².